The number of rotatable bonds is 6. The van der Waals surface area contributed by atoms with E-state index in [9.17, 15) is 14.7 Å². The van der Waals surface area contributed by atoms with Crippen molar-refractivity contribution in [2.75, 3.05) is 11.5 Å². The van der Waals surface area contributed by atoms with Crippen molar-refractivity contribution in [1.29, 1.82) is 0 Å². The minimum Gasteiger partial charge on any atom is -0.485 e. The van der Waals surface area contributed by atoms with Gasteiger partial charge in [0, 0.05) is 0 Å². The number of thioether (sulfide) groups is 1. The Hall–Kier alpha value is -2.41. The van der Waals surface area contributed by atoms with Crippen molar-refractivity contribution < 1.29 is 23.8 Å². The summed E-state index contributed by atoms with van der Waals surface area (Å²) in [6.07, 6.45) is 0.810. The second-order valence-corrected chi connectivity index (χ2v) is 8.00. The Balaban J connectivity index is 1.64. The maximum absolute atomic E-state index is 12.5. The van der Waals surface area contributed by atoms with Gasteiger partial charge in [-0.3, -0.25) is 4.79 Å². The zero-order valence-electron chi connectivity index (χ0n) is 15.4. The summed E-state index contributed by atoms with van der Waals surface area (Å²) in [5.41, 5.74) is 0.966. The molecule has 1 fully saturated rings. The second-order valence-electron chi connectivity index (χ2n) is 6.78. The fourth-order valence-corrected chi connectivity index (χ4v) is 4.27. The minimum atomic E-state index is -1.22. The first kappa shape index (κ1) is 19.4. The van der Waals surface area contributed by atoms with Crippen LogP contribution in [0.5, 0.6) is 5.75 Å². The summed E-state index contributed by atoms with van der Waals surface area (Å²) in [6, 6.07) is 9.12. The molecule has 0 saturated carbocycles. The van der Waals surface area contributed by atoms with E-state index in [4.69, 9.17) is 9.15 Å². The predicted octanol–water partition coefficient (Wildman–Crippen LogP) is 3.56. The van der Waals surface area contributed by atoms with Crippen molar-refractivity contribution in [3.8, 4) is 5.75 Å². The van der Waals surface area contributed by atoms with Crippen LogP contribution in [0.4, 0.5) is 0 Å². The average molecular weight is 389 g/mol. The number of carboxylic acids is 1. The first-order valence-corrected chi connectivity index (χ1v) is 9.97. The van der Waals surface area contributed by atoms with Crippen molar-refractivity contribution in [3.05, 3.63) is 53.0 Å². The molecule has 0 bridgehead atoms. The number of hydrogen-bond acceptors (Lipinski definition) is 5. The molecule has 2 N–H and O–H groups in total. The summed E-state index contributed by atoms with van der Waals surface area (Å²) in [5.74, 6) is 1.26. The lowest BCUT2D eigenvalue weighted by Gasteiger charge is -2.33. The molecule has 2 aromatic rings. The van der Waals surface area contributed by atoms with Crippen LogP contribution in [0.2, 0.25) is 0 Å². The normalized spacial score (nSPS) is 15.9. The number of nitrogens with one attached hydrogen (secondary N) is 1. The Morgan fingerprint density at radius 3 is 2.63 bits per heavy atom. The number of carbonyl (C=O) groups excluding carboxylic acids is 1. The highest BCUT2D eigenvalue weighted by Gasteiger charge is 2.41. The van der Waals surface area contributed by atoms with E-state index in [1.165, 1.54) is 0 Å². The zero-order valence-corrected chi connectivity index (χ0v) is 16.2. The second kappa shape index (κ2) is 8.08. The van der Waals surface area contributed by atoms with Crippen LogP contribution >= 0.6 is 11.8 Å². The largest absolute Gasteiger partial charge is 0.485 e. The van der Waals surface area contributed by atoms with Gasteiger partial charge in [-0.05, 0) is 62.0 Å². The van der Waals surface area contributed by atoms with E-state index in [2.05, 4.69) is 5.32 Å². The molecule has 1 aromatic carbocycles. The van der Waals surface area contributed by atoms with Crippen molar-refractivity contribution in [1.82, 2.24) is 5.32 Å². The molecule has 144 valence electrons. The lowest BCUT2D eigenvalue weighted by atomic mass is 9.92. The zero-order chi connectivity index (χ0) is 19.4. The highest BCUT2D eigenvalue weighted by molar-refractivity contribution is 7.99. The van der Waals surface area contributed by atoms with Gasteiger partial charge in [0.1, 0.15) is 23.7 Å². The summed E-state index contributed by atoms with van der Waals surface area (Å²) in [5, 5.41) is 12.2. The highest BCUT2D eigenvalue weighted by Crippen LogP contribution is 2.28. The first-order valence-electron chi connectivity index (χ1n) is 8.82. The van der Waals surface area contributed by atoms with Crippen molar-refractivity contribution in [2.45, 2.75) is 38.8 Å². The van der Waals surface area contributed by atoms with Gasteiger partial charge in [0.2, 0.25) is 0 Å². The third kappa shape index (κ3) is 4.47. The van der Waals surface area contributed by atoms with E-state index < -0.39 is 17.4 Å². The maximum Gasteiger partial charge on any atom is 0.329 e. The van der Waals surface area contributed by atoms with Gasteiger partial charge in [-0.15, -0.1) is 0 Å². The van der Waals surface area contributed by atoms with Crippen LogP contribution in [0.3, 0.4) is 0 Å². The molecule has 0 aliphatic carbocycles. The number of carbonyl (C=O) groups is 2. The molecule has 1 amide bonds. The van der Waals surface area contributed by atoms with E-state index in [0.717, 1.165) is 16.9 Å². The van der Waals surface area contributed by atoms with E-state index >= 15 is 0 Å². The summed E-state index contributed by atoms with van der Waals surface area (Å²) >= 11 is 1.69. The summed E-state index contributed by atoms with van der Waals surface area (Å²) < 4.78 is 11.3. The van der Waals surface area contributed by atoms with E-state index in [-0.39, 0.29) is 12.4 Å². The molecule has 0 atom stereocenters. The summed E-state index contributed by atoms with van der Waals surface area (Å²) in [6.45, 7) is 4.18. The molecule has 1 aromatic heterocycles. The monoisotopic (exact) mass is 389 g/mol. The fraction of sp³-hybridized carbons (Fsp3) is 0.400. The molecule has 3 rings (SSSR count). The molecule has 1 aliphatic rings. The number of ether oxygens (including phenoxy) is 1. The number of aliphatic carboxylic acids is 1. The van der Waals surface area contributed by atoms with Crippen LogP contribution in [0.1, 0.15) is 40.3 Å². The van der Waals surface area contributed by atoms with Crippen molar-refractivity contribution >= 4 is 23.6 Å². The Morgan fingerprint density at radius 1 is 1.22 bits per heavy atom. The lowest BCUT2D eigenvalue weighted by molar-refractivity contribution is -0.144. The molecule has 1 aliphatic heterocycles. The smallest absolute Gasteiger partial charge is 0.329 e. The standard InChI is InChI=1S/C20H23NO5S/c1-13-3-5-16(14(2)11-13)25-12-15-4-6-17(26-15)18(22)21-20(19(23)24)7-9-27-10-8-20/h3-6,11H,7-10,12H2,1-2H3,(H,21,22)(H,23,24). The lowest BCUT2D eigenvalue weighted by Crippen LogP contribution is -2.56. The van der Waals surface area contributed by atoms with Gasteiger partial charge < -0.3 is 19.6 Å². The van der Waals surface area contributed by atoms with Gasteiger partial charge in [-0.1, -0.05) is 17.7 Å². The fourth-order valence-electron chi connectivity index (χ4n) is 3.08. The number of amides is 1. The van der Waals surface area contributed by atoms with Gasteiger partial charge in [0.15, 0.2) is 5.76 Å². The van der Waals surface area contributed by atoms with Crippen LogP contribution in [0, 0.1) is 13.8 Å². The van der Waals surface area contributed by atoms with Gasteiger partial charge >= 0.3 is 5.97 Å². The molecular weight excluding hydrogens is 366 g/mol. The van der Waals surface area contributed by atoms with Crippen molar-refractivity contribution in [2.24, 2.45) is 0 Å². The highest BCUT2D eigenvalue weighted by atomic mass is 32.2. The molecule has 0 spiro atoms. The Labute approximate surface area is 162 Å². The predicted molar refractivity (Wildman–Crippen MR) is 103 cm³/mol. The molecule has 2 heterocycles. The third-order valence-corrected chi connectivity index (χ3v) is 5.68. The van der Waals surface area contributed by atoms with Crippen LogP contribution in [0.15, 0.2) is 34.7 Å². The van der Waals surface area contributed by atoms with Crippen molar-refractivity contribution in [3.63, 3.8) is 0 Å². The first-order chi connectivity index (χ1) is 12.9. The van der Waals surface area contributed by atoms with Crippen LogP contribution < -0.4 is 10.1 Å². The van der Waals surface area contributed by atoms with Crippen LogP contribution in [0.25, 0.3) is 0 Å². The SMILES string of the molecule is Cc1ccc(OCc2ccc(C(=O)NC3(C(=O)O)CCSCC3)o2)c(C)c1. The number of carboxylic acid groups (broad SMARTS) is 1. The van der Waals surface area contributed by atoms with E-state index in [1.807, 2.05) is 32.0 Å². The van der Waals surface area contributed by atoms with Gasteiger partial charge in [0.05, 0.1) is 0 Å². The quantitative estimate of drug-likeness (QED) is 0.785. The molecule has 27 heavy (non-hydrogen) atoms. The average Bonchev–Trinajstić information content (AvgIpc) is 3.11. The molecule has 0 radical (unpaired) electrons. The van der Waals surface area contributed by atoms with Gasteiger partial charge in [-0.2, -0.15) is 11.8 Å². The van der Waals surface area contributed by atoms with Gasteiger partial charge in [-0.25, -0.2) is 4.79 Å². The Morgan fingerprint density at radius 2 is 1.96 bits per heavy atom. The summed E-state index contributed by atoms with van der Waals surface area (Å²) in [4.78, 5) is 24.2. The van der Waals surface area contributed by atoms with Crippen LogP contribution in [-0.2, 0) is 11.4 Å². The molecule has 1 saturated heterocycles. The summed E-state index contributed by atoms with van der Waals surface area (Å²) in [7, 11) is 0. The Bertz CT molecular complexity index is 839. The van der Waals surface area contributed by atoms with Crippen LogP contribution in [-0.4, -0.2) is 34.0 Å². The molecule has 0 unspecified atom stereocenters. The topological polar surface area (TPSA) is 88.8 Å². The van der Waals surface area contributed by atoms with E-state index in [1.54, 1.807) is 23.9 Å². The molecule has 7 heteroatoms. The minimum absolute atomic E-state index is 0.0908. The molecule has 6 nitrogen and oxygen atoms in total. The molecular formula is C20H23NO5S. The van der Waals surface area contributed by atoms with E-state index in [0.29, 0.717) is 30.1 Å². The number of aryl methyl sites for hydroxylation is 2. The van der Waals surface area contributed by atoms with Gasteiger partial charge in [0.25, 0.3) is 5.91 Å². The maximum atomic E-state index is 12.5. The number of hydrogen-bond donors (Lipinski definition) is 2. The third-order valence-electron chi connectivity index (χ3n) is 4.69. The number of furan rings is 1. The number of benzene rings is 1. The Kier molecular flexibility index (Phi) is 5.79.